The monoisotopic (exact) mass is 201 g/mol. The number of esters is 1. The van der Waals surface area contributed by atoms with Crippen molar-refractivity contribution in [1.82, 2.24) is 0 Å². The molecule has 0 radical (unpaired) electrons. The van der Waals surface area contributed by atoms with Crippen molar-refractivity contribution in [3.63, 3.8) is 0 Å². The summed E-state index contributed by atoms with van der Waals surface area (Å²) in [6.07, 6.45) is 0. The highest BCUT2D eigenvalue weighted by Crippen LogP contribution is 2.47. The molecule has 14 heavy (non-hydrogen) atoms. The quantitative estimate of drug-likeness (QED) is 0.388. The van der Waals surface area contributed by atoms with Crippen LogP contribution in [-0.2, 0) is 9.53 Å². The lowest BCUT2D eigenvalue weighted by molar-refractivity contribution is -0.501. The van der Waals surface area contributed by atoms with Crippen LogP contribution in [-0.4, -0.2) is 23.5 Å². The van der Waals surface area contributed by atoms with Crippen LogP contribution in [0.15, 0.2) is 0 Å². The molecule has 0 saturated heterocycles. The normalized spacial score (nSPS) is 30.1. The van der Waals surface area contributed by atoms with Gasteiger partial charge in [-0.05, 0) is 12.8 Å². The van der Waals surface area contributed by atoms with Gasteiger partial charge in [0.25, 0.3) is 0 Å². The van der Waals surface area contributed by atoms with E-state index >= 15 is 0 Å². The first-order chi connectivity index (χ1) is 6.50. The minimum Gasteiger partial charge on any atom is -0.466 e. The summed E-state index contributed by atoms with van der Waals surface area (Å²) in [6, 6.07) is -0.728. The summed E-state index contributed by atoms with van der Waals surface area (Å²) in [5.41, 5.74) is 0. The Bertz CT molecular complexity index is 251. The molecule has 0 aromatic rings. The summed E-state index contributed by atoms with van der Waals surface area (Å²) in [7, 11) is 0. The van der Waals surface area contributed by atoms with E-state index in [1.807, 2.05) is 13.8 Å². The number of nitrogens with zero attached hydrogens (tertiary/aromatic N) is 1. The van der Waals surface area contributed by atoms with Crippen LogP contribution in [0.1, 0.15) is 20.8 Å². The smallest absolute Gasteiger partial charge is 0.316 e. The molecule has 1 aliphatic carbocycles. The van der Waals surface area contributed by atoms with Crippen LogP contribution < -0.4 is 0 Å². The summed E-state index contributed by atoms with van der Waals surface area (Å²) in [5, 5.41) is 10.6. The first kappa shape index (κ1) is 10.9. The van der Waals surface area contributed by atoms with Crippen LogP contribution in [0.3, 0.4) is 0 Å². The fourth-order valence-electron chi connectivity index (χ4n) is 1.93. The second kappa shape index (κ2) is 3.94. The maximum Gasteiger partial charge on any atom is 0.316 e. The average Bonchev–Trinajstić information content (AvgIpc) is 2.78. The number of carbonyl (C=O) groups excluding carboxylic acids is 1. The van der Waals surface area contributed by atoms with E-state index in [4.69, 9.17) is 4.74 Å². The molecule has 0 aromatic carbocycles. The third kappa shape index (κ3) is 1.86. The zero-order chi connectivity index (χ0) is 10.9. The topological polar surface area (TPSA) is 69.4 Å². The lowest BCUT2D eigenvalue weighted by Gasteiger charge is -2.00. The maximum atomic E-state index is 11.3. The molecule has 0 aliphatic heterocycles. The molecule has 0 spiro atoms. The predicted molar refractivity (Wildman–Crippen MR) is 49.2 cm³/mol. The number of hydrogen-bond acceptors (Lipinski definition) is 4. The number of hydrogen-bond donors (Lipinski definition) is 0. The van der Waals surface area contributed by atoms with Crippen LogP contribution >= 0.6 is 0 Å². The van der Waals surface area contributed by atoms with Gasteiger partial charge in [-0.25, -0.2) is 0 Å². The Labute approximate surface area is 82.6 Å². The van der Waals surface area contributed by atoms with Gasteiger partial charge in [-0.3, -0.25) is 14.9 Å². The first-order valence-electron chi connectivity index (χ1n) is 4.80. The van der Waals surface area contributed by atoms with Gasteiger partial charge in [0.2, 0.25) is 6.04 Å². The Morgan fingerprint density at radius 2 is 2.14 bits per heavy atom. The molecule has 5 nitrogen and oxygen atoms in total. The lowest BCUT2D eigenvalue weighted by Crippen LogP contribution is -2.13. The van der Waals surface area contributed by atoms with E-state index in [1.54, 1.807) is 6.92 Å². The van der Waals surface area contributed by atoms with Gasteiger partial charge in [0, 0.05) is 10.8 Å². The average molecular weight is 201 g/mol. The van der Waals surface area contributed by atoms with Gasteiger partial charge in [0.1, 0.15) is 5.92 Å². The number of rotatable bonds is 4. The standard InChI is InChI=1S/C9H15NO4/c1-4-14-9(11)7-6(5(2)3)8(7)10(12)13/h5-8H,4H2,1-3H3. The molecule has 0 aromatic heterocycles. The van der Waals surface area contributed by atoms with E-state index in [2.05, 4.69) is 0 Å². The van der Waals surface area contributed by atoms with Gasteiger partial charge in [-0.2, -0.15) is 0 Å². The van der Waals surface area contributed by atoms with Crippen molar-refractivity contribution in [2.75, 3.05) is 6.61 Å². The first-order valence-corrected chi connectivity index (χ1v) is 4.80. The van der Waals surface area contributed by atoms with Crippen LogP contribution in [0.5, 0.6) is 0 Å². The molecule has 3 unspecified atom stereocenters. The number of nitro groups is 1. The molecule has 0 bridgehead atoms. The summed E-state index contributed by atoms with van der Waals surface area (Å²) >= 11 is 0. The second-order valence-electron chi connectivity index (χ2n) is 3.88. The van der Waals surface area contributed by atoms with E-state index in [1.165, 1.54) is 0 Å². The summed E-state index contributed by atoms with van der Waals surface area (Å²) in [5.74, 6) is -0.943. The van der Waals surface area contributed by atoms with Crippen molar-refractivity contribution in [2.45, 2.75) is 26.8 Å². The molecule has 5 heteroatoms. The van der Waals surface area contributed by atoms with Gasteiger partial charge in [0.15, 0.2) is 0 Å². The predicted octanol–water partition coefficient (Wildman–Crippen LogP) is 1.10. The van der Waals surface area contributed by atoms with E-state index in [9.17, 15) is 14.9 Å². The van der Waals surface area contributed by atoms with Crippen molar-refractivity contribution in [3.05, 3.63) is 10.1 Å². The van der Waals surface area contributed by atoms with Gasteiger partial charge < -0.3 is 4.74 Å². The highest BCUT2D eigenvalue weighted by molar-refractivity contribution is 5.77. The highest BCUT2D eigenvalue weighted by atomic mass is 16.6. The van der Waals surface area contributed by atoms with Crippen LogP contribution in [0.4, 0.5) is 0 Å². The molecule has 3 atom stereocenters. The molecule has 0 amide bonds. The van der Waals surface area contributed by atoms with Gasteiger partial charge in [-0.15, -0.1) is 0 Å². The highest BCUT2D eigenvalue weighted by Gasteiger charge is 2.66. The molecule has 1 rings (SSSR count). The fourth-order valence-corrected chi connectivity index (χ4v) is 1.93. The second-order valence-corrected chi connectivity index (χ2v) is 3.88. The van der Waals surface area contributed by atoms with Gasteiger partial charge in [-0.1, -0.05) is 13.8 Å². The van der Waals surface area contributed by atoms with Crippen LogP contribution in [0.25, 0.3) is 0 Å². The summed E-state index contributed by atoms with van der Waals surface area (Å²) in [6.45, 7) is 5.76. The Balaban J connectivity index is 2.62. The zero-order valence-electron chi connectivity index (χ0n) is 8.60. The van der Waals surface area contributed by atoms with Gasteiger partial charge in [0.05, 0.1) is 6.61 Å². The Morgan fingerprint density at radius 1 is 1.57 bits per heavy atom. The van der Waals surface area contributed by atoms with Crippen molar-refractivity contribution >= 4 is 5.97 Å². The Morgan fingerprint density at radius 3 is 2.43 bits per heavy atom. The Hall–Kier alpha value is -1.13. The molecular weight excluding hydrogens is 186 g/mol. The molecule has 1 aliphatic rings. The fraction of sp³-hybridized carbons (Fsp3) is 0.889. The van der Waals surface area contributed by atoms with Crippen molar-refractivity contribution in [1.29, 1.82) is 0 Å². The summed E-state index contributed by atoms with van der Waals surface area (Å²) < 4.78 is 4.78. The third-order valence-electron chi connectivity index (χ3n) is 2.61. The Kier molecular flexibility index (Phi) is 3.08. The molecule has 80 valence electrons. The van der Waals surface area contributed by atoms with Crippen LogP contribution in [0.2, 0.25) is 0 Å². The molecule has 0 heterocycles. The maximum absolute atomic E-state index is 11.3. The molecular formula is C9H15NO4. The van der Waals surface area contributed by atoms with E-state index in [0.717, 1.165) is 0 Å². The molecule has 1 saturated carbocycles. The van der Waals surface area contributed by atoms with Crippen LogP contribution in [0, 0.1) is 27.9 Å². The van der Waals surface area contributed by atoms with Gasteiger partial charge >= 0.3 is 5.97 Å². The molecule has 0 N–H and O–H groups in total. The zero-order valence-corrected chi connectivity index (χ0v) is 8.60. The van der Waals surface area contributed by atoms with Crippen molar-refractivity contribution in [2.24, 2.45) is 17.8 Å². The number of ether oxygens (including phenoxy) is 1. The van der Waals surface area contributed by atoms with E-state index < -0.39 is 17.9 Å². The SMILES string of the molecule is CCOC(=O)C1C(C(C)C)C1[N+](=O)[O-]. The van der Waals surface area contributed by atoms with E-state index in [0.29, 0.717) is 0 Å². The third-order valence-corrected chi connectivity index (χ3v) is 2.61. The summed E-state index contributed by atoms with van der Waals surface area (Å²) in [4.78, 5) is 21.5. The minimum absolute atomic E-state index is 0.149. The number of carbonyl (C=O) groups is 1. The van der Waals surface area contributed by atoms with E-state index in [-0.39, 0.29) is 23.4 Å². The minimum atomic E-state index is -0.728. The molecule has 1 fully saturated rings. The lowest BCUT2D eigenvalue weighted by atomic mass is 10.1. The van der Waals surface area contributed by atoms with Crippen molar-refractivity contribution in [3.8, 4) is 0 Å². The van der Waals surface area contributed by atoms with Crippen molar-refractivity contribution < 1.29 is 14.5 Å². The largest absolute Gasteiger partial charge is 0.466 e.